The zero-order valence-corrected chi connectivity index (χ0v) is 11.2. The first-order chi connectivity index (χ1) is 10.2. The van der Waals surface area contributed by atoms with Crippen LogP contribution < -0.4 is 0 Å². The molecule has 0 radical (unpaired) electrons. The topological polar surface area (TPSA) is 59.3 Å². The summed E-state index contributed by atoms with van der Waals surface area (Å²) < 4.78 is 1.52. The molecular weight excluding hydrogens is 266 g/mol. The van der Waals surface area contributed by atoms with Gasteiger partial charge in [0.15, 0.2) is 0 Å². The molecule has 0 aliphatic heterocycles. The number of hydrogen-bond acceptors (Lipinski definition) is 2. The van der Waals surface area contributed by atoms with Crippen molar-refractivity contribution in [3.63, 3.8) is 0 Å². The van der Waals surface area contributed by atoms with Gasteiger partial charge in [-0.3, -0.25) is 14.2 Å². The van der Waals surface area contributed by atoms with Gasteiger partial charge in [0, 0.05) is 17.1 Å². The van der Waals surface area contributed by atoms with Crippen LogP contribution in [0.5, 0.6) is 0 Å². The summed E-state index contributed by atoms with van der Waals surface area (Å²) in [5.74, 6) is -1.08. The molecule has 21 heavy (non-hydrogen) atoms. The van der Waals surface area contributed by atoms with E-state index in [1.54, 1.807) is 30.5 Å². The lowest BCUT2D eigenvalue weighted by Gasteiger charge is -2.03. The highest BCUT2D eigenvalue weighted by Gasteiger charge is 2.16. The summed E-state index contributed by atoms with van der Waals surface area (Å²) in [4.78, 5) is 23.5. The number of carbonyl (C=O) groups excluding carboxylic acids is 1. The molecule has 0 bridgehead atoms. The van der Waals surface area contributed by atoms with Gasteiger partial charge in [-0.25, -0.2) is 0 Å². The van der Waals surface area contributed by atoms with Crippen molar-refractivity contribution >= 4 is 22.8 Å². The standard InChI is InChI=1S/C17H13NO3/c19-16(20)10-13-11-18(15-9-5-4-8-14(13)15)17(21)12-6-2-1-3-7-12/h1-9,11H,10H2,(H,19,20). The van der Waals surface area contributed by atoms with Crippen LogP contribution in [0.2, 0.25) is 0 Å². The molecule has 0 aliphatic carbocycles. The summed E-state index contributed by atoms with van der Waals surface area (Å²) in [6, 6.07) is 16.3. The second-order valence-electron chi connectivity index (χ2n) is 4.78. The Bertz CT molecular complexity index is 818. The summed E-state index contributed by atoms with van der Waals surface area (Å²) in [7, 11) is 0. The molecule has 2 aromatic carbocycles. The average molecular weight is 279 g/mol. The second kappa shape index (κ2) is 5.25. The van der Waals surface area contributed by atoms with Gasteiger partial charge in [-0.05, 0) is 23.8 Å². The van der Waals surface area contributed by atoms with Crippen LogP contribution in [0.4, 0.5) is 0 Å². The molecule has 3 aromatic rings. The number of fused-ring (bicyclic) bond motifs is 1. The molecular formula is C17H13NO3. The number of carboxylic acid groups (broad SMARTS) is 1. The van der Waals surface area contributed by atoms with Gasteiger partial charge in [-0.15, -0.1) is 0 Å². The summed E-state index contributed by atoms with van der Waals surface area (Å²) in [6.07, 6.45) is 1.52. The van der Waals surface area contributed by atoms with Crippen molar-refractivity contribution in [3.05, 3.63) is 71.9 Å². The molecule has 1 heterocycles. The minimum absolute atomic E-state index is 0.102. The maximum absolute atomic E-state index is 12.6. The maximum atomic E-state index is 12.6. The maximum Gasteiger partial charge on any atom is 0.307 e. The minimum atomic E-state index is -0.912. The fourth-order valence-corrected chi connectivity index (χ4v) is 2.44. The highest BCUT2D eigenvalue weighted by Crippen LogP contribution is 2.23. The number of hydrogen-bond donors (Lipinski definition) is 1. The van der Waals surface area contributed by atoms with Crippen LogP contribution in [0, 0.1) is 0 Å². The third-order valence-electron chi connectivity index (χ3n) is 3.38. The number of carbonyl (C=O) groups is 2. The molecule has 4 nitrogen and oxygen atoms in total. The fourth-order valence-electron chi connectivity index (χ4n) is 2.44. The predicted octanol–water partition coefficient (Wildman–Crippen LogP) is 2.96. The third-order valence-corrected chi connectivity index (χ3v) is 3.38. The normalized spacial score (nSPS) is 10.7. The molecule has 0 spiro atoms. The molecule has 4 heteroatoms. The molecule has 0 saturated heterocycles. The first kappa shape index (κ1) is 13.1. The lowest BCUT2D eigenvalue weighted by atomic mass is 10.1. The van der Waals surface area contributed by atoms with Crippen LogP contribution in [-0.4, -0.2) is 21.6 Å². The first-order valence-corrected chi connectivity index (χ1v) is 6.57. The van der Waals surface area contributed by atoms with Crippen molar-refractivity contribution in [2.45, 2.75) is 6.42 Å². The number of carboxylic acids is 1. The zero-order valence-electron chi connectivity index (χ0n) is 11.2. The van der Waals surface area contributed by atoms with E-state index in [-0.39, 0.29) is 12.3 Å². The lowest BCUT2D eigenvalue weighted by Crippen LogP contribution is -2.10. The van der Waals surface area contributed by atoms with Gasteiger partial charge < -0.3 is 5.11 Å². The number of benzene rings is 2. The molecule has 0 unspecified atom stereocenters. The summed E-state index contributed by atoms with van der Waals surface area (Å²) in [5.41, 5.74) is 1.94. The lowest BCUT2D eigenvalue weighted by molar-refractivity contribution is -0.136. The van der Waals surface area contributed by atoms with E-state index >= 15 is 0 Å². The van der Waals surface area contributed by atoms with Crippen molar-refractivity contribution in [1.29, 1.82) is 0 Å². The second-order valence-corrected chi connectivity index (χ2v) is 4.78. The van der Waals surface area contributed by atoms with E-state index in [0.29, 0.717) is 11.1 Å². The Morgan fingerprint density at radius 1 is 0.952 bits per heavy atom. The summed E-state index contributed by atoms with van der Waals surface area (Å²) in [5, 5.41) is 9.79. The number of para-hydroxylation sites is 1. The van der Waals surface area contributed by atoms with Crippen molar-refractivity contribution in [2.75, 3.05) is 0 Å². The molecule has 1 aromatic heterocycles. The largest absolute Gasteiger partial charge is 0.481 e. The Morgan fingerprint density at radius 2 is 1.62 bits per heavy atom. The number of nitrogens with zero attached hydrogens (tertiary/aromatic N) is 1. The van der Waals surface area contributed by atoms with Crippen LogP contribution in [0.15, 0.2) is 60.8 Å². The predicted molar refractivity (Wildman–Crippen MR) is 79.4 cm³/mol. The molecule has 0 fully saturated rings. The summed E-state index contributed by atoms with van der Waals surface area (Å²) >= 11 is 0. The quantitative estimate of drug-likeness (QED) is 0.802. The monoisotopic (exact) mass is 279 g/mol. The first-order valence-electron chi connectivity index (χ1n) is 6.57. The van der Waals surface area contributed by atoms with Gasteiger partial charge in [0.05, 0.1) is 11.9 Å². The Hall–Kier alpha value is -2.88. The van der Waals surface area contributed by atoms with Crippen LogP contribution in [0.3, 0.4) is 0 Å². The zero-order chi connectivity index (χ0) is 14.8. The Kier molecular flexibility index (Phi) is 3.28. The van der Waals surface area contributed by atoms with Gasteiger partial charge in [-0.2, -0.15) is 0 Å². The molecule has 0 atom stereocenters. The highest BCUT2D eigenvalue weighted by atomic mass is 16.4. The van der Waals surface area contributed by atoms with Gasteiger partial charge in [0.25, 0.3) is 5.91 Å². The molecule has 0 amide bonds. The minimum Gasteiger partial charge on any atom is -0.481 e. The Labute approximate surface area is 121 Å². The number of aliphatic carboxylic acids is 1. The highest BCUT2D eigenvalue weighted by molar-refractivity contribution is 6.03. The van der Waals surface area contributed by atoms with E-state index in [1.165, 1.54) is 4.57 Å². The van der Waals surface area contributed by atoms with E-state index in [0.717, 1.165) is 10.9 Å². The van der Waals surface area contributed by atoms with Crippen LogP contribution in [-0.2, 0) is 11.2 Å². The number of aromatic nitrogens is 1. The Balaban J connectivity index is 2.15. The summed E-state index contributed by atoms with van der Waals surface area (Å²) in [6.45, 7) is 0. The molecule has 104 valence electrons. The van der Waals surface area contributed by atoms with Gasteiger partial charge >= 0.3 is 5.97 Å². The van der Waals surface area contributed by atoms with Crippen LogP contribution in [0.25, 0.3) is 10.9 Å². The number of rotatable bonds is 3. The van der Waals surface area contributed by atoms with E-state index in [1.807, 2.05) is 30.3 Å². The van der Waals surface area contributed by atoms with E-state index in [4.69, 9.17) is 5.11 Å². The molecule has 1 N–H and O–H groups in total. The van der Waals surface area contributed by atoms with E-state index in [9.17, 15) is 9.59 Å². The molecule has 0 saturated carbocycles. The van der Waals surface area contributed by atoms with Gasteiger partial charge in [0.2, 0.25) is 0 Å². The average Bonchev–Trinajstić information content (AvgIpc) is 2.86. The van der Waals surface area contributed by atoms with Crippen LogP contribution >= 0.6 is 0 Å². The smallest absolute Gasteiger partial charge is 0.307 e. The van der Waals surface area contributed by atoms with E-state index < -0.39 is 5.97 Å². The van der Waals surface area contributed by atoms with Crippen molar-refractivity contribution < 1.29 is 14.7 Å². The Morgan fingerprint density at radius 3 is 2.33 bits per heavy atom. The fraction of sp³-hybridized carbons (Fsp3) is 0.0588. The third kappa shape index (κ3) is 2.43. The van der Waals surface area contributed by atoms with Crippen LogP contribution in [0.1, 0.15) is 15.9 Å². The SMILES string of the molecule is O=C(O)Cc1cn(C(=O)c2ccccc2)c2ccccc12. The van der Waals surface area contributed by atoms with Crippen molar-refractivity contribution in [3.8, 4) is 0 Å². The van der Waals surface area contributed by atoms with E-state index in [2.05, 4.69) is 0 Å². The van der Waals surface area contributed by atoms with Crippen molar-refractivity contribution in [1.82, 2.24) is 4.57 Å². The van der Waals surface area contributed by atoms with Gasteiger partial charge in [-0.1, -0.05) is 36.4 Å². The van der Waals surface area contributed by atoms with Gasteiger partial charge in [0.1, 0.15) is 0 Å². The molecule has 0 aliphatic rings. The van der Waals surface area contributed by atoms with Crippen molar-refractivity contribution in [2.24, 2.45) is 0 Å². The molecule has 3 rings (SSSR count).